The molecule has 2 N–H and O–H groups in total. The molecule has 0 radical (unpaired) electrons. The maximum Gasteiger partial charge on any atom is 0.156 e. The van der Waals surface area contributed by atoms with Crippen LogP contribution in [0, 0.1) is 6.92 Å². The molecule has 0 unspecified atom stereocenters. The first-order chi connectivity index (χ1) is 8.63. The third kappa shape index (κ3) is 3.68. The second kappa shape index (κ2) is 5.80. The Bertz CT molecular complexity index is 508. The monoisotopic (exact) mass is 263 g/mol. The number of hydrogen-bond acceptors (Lipinski definition) is 4. The van der Waals surface area contributed by atoms with Gasteiger partial charge >= 0.3 is 0 Å². The zero-order valence-corrected chi connectivity index (χ0v) is 10.8. The molecule has 2 rings (SSSR count). The van der Waals surface area contributed by atoms with E-state index in [1.807, 2.05) is 31.2 Å². The SMILES string of the molecule is Cc1cc(N)nc(COCc2ccc(Cl)cc2)n1. The van der Waals surface area contributed by atoms with E-state index in [9.17, 15) is 0 Å². The Labute approximate surface area is 111 Å². The van der Waals surface area contributed by atoms with Crippen LogP contribution in [0.25, 0.3) is 0 Å². The molecule has 2 aromatic rings. The zero-order chi connectivity index (χ0) is 13.0. The molecule has 0 aliphatic heterocycles. The minimum Gasteiger partial charge on any atom is -0.384 e. The van der Waals surface area contributed by atoms with E-state index >= 15 is 0 Å². The fraction of sp³-hybridized carbons (Fsp3) is 0.231. The van der Waals surface area contributed by atoms with Crippen molar-refractivity contribution in [3.63, 3.8) is 0 Å². The molecule has 0 aliphatic carbocycles. The molecule has 94 valence electrons. The number of ether oxygens (including phenoxy) is 1. The zero-order valence-electron chi connectivity index (χ0n) is 10.1. The van der Waals surface area contributed by atoms with Gasteiger partial charge in [0, 0.05) is 16.8 Å². The van der Waals surface area contributed by atoms with Crippen LogP contribution in [0.3, 0.4) is 0 Å². The van der Waals surface area contributed by atoms with E-state index in [1.54, 1.807) is 6.07 Å². The smallest absolute Gasteiger partial charge is 0.156 e. The van der Waals surface area contributed by atoms with Gasteiger partial charge in [0.25, 0.3) is 0 Å². The van der Waals surface area contributed by atoms with Crippen molar-refractivity contribution in [2.24, 2.45) is 0 Å². The fourth-order valence-electron chi connectivity index (χ4n) is 1.56. The molecule has 0 spiro atoms. The summed E-state index contributed by atoms with van der Waals surface area (Å²) in [6.45, 7) is 2.71. The highest BCUT2D eigenvalue weighted by atomic mass is 35.5. The highest BCUT2D eigenvalue weighted by molar-refractivity contribution is 6.30. The van der Waals surface area contributed by atoms with Crippen LogP contribution in [0.2, 0.25) is 5.02 Å². The quantitative estimate of drug-likeness (QED) is 0.921. The predicted molar refractivity (Wildman–Crippen MR) is 71.1 cm³/mol. The first-order valence-electron chi connectivity index (χ1n) is 5.56. The lowest BCUT2D eigenvalue weighted by Crippen LogP contribution is -2.03. The number of halogens is 1. The number of aromatic nitrogens is 2. The average Bonchev–Trinajstić information content (AvgIpc) is 2.30. The standard InChI is InChI=1S/C13H14ClN3O/c1-9-6-12(15)17-13(16-9)8-18-7-10-2-4-11(14)5-3-10/h2-6H,7-8H2,1H3,(H2,15,16,17). The van der Waals surface area contributed by atoms with Gasteiger partial charge in [-0.15, -0.1) is 0 Å². The lowest BCUT2D eigenvalue weighted by atomic mass is 10.2. The normalized spacial score (nSPS) is 10.6. The summed E-state index contributed by atoms with van der Waals surface area (Å²) in [6, 6.07) is 9.24. The van der Waals surface area contributed by atoms with Gasteiger partial charge in [-0.2, -0.15) is 0 Å². The van der Waals surface area contributed by atoms with Gasteiger partial charge in [0.2, 0.25) is 0 Å². The van der Waals surface area contributed by atoms with E-state index in [2.05, 4.69) is 9.97 Å². The number of nitrogen functional groups attached to an aromatic ring is 1. The number of hydrogen-bond donors (Lipinski definition) is 1. The van der Waals surface area contributed by atoms with Gasteiger partial charge in [0.15, 0.2) is 5.82 Å². The summed E-state index contributed by atoms with van der Waals surface area (Å²) in [4.78, 5) is 8.34. The third-order valence-electron chi connectivity index (χ3n) is 2.33. The number of nitrogens with two attached hydrogens (primary N) is 1. The molecule has 4 nitrogen and oxygen atoms in total. The fourth-order valence-corrected chi connectivity index (χ4v) is 1.69. The summed E-state index contributed by atoms with van der Waals surface area (Å²) in [5.74, 6) is 1.06. The Morgan fingerprint density at radius 1 is 1.17 bits per heavy atom. The maximum absolute atomic E-state index is 5.80. The minimum absolute atomic E-state index is 0.342. The Kier molecular flexibility index (Phi) is 4.12. The number of nitrogens with zero attached hydrogens (tertiary/aromatic N) is 2. The van der Waals surface area contributed by atoms with Crippen molar-refractivity contribution in [1.82, 2.24) is 9.97 Å². The summed E-state index contributed by atoms with van der Waals surface area (Å²) in [5.41, 5.74) is 7.53. The maximum atomic E-state index is 5.80. The number of anilines is 1. The van der Waals surface area contributed by atoms with Crippen LogP contribution in [-0.2, 0) is 18.0 Å². The van der Waals surface area contributed by atoms with Gasteiger partial charge in [-0.25, -0.2) is 9.97 Å². The van der Waals surface area contributed by atoms with Gasteiger partial charge < -0.3 is 10.5 Å². The molecule has 0 aliphatic rings. The first kappa shape index (κ1) is 12.8. The lowest BCUT2D eigenvalue weighted by Gasteiger charge is -2.05. The molecule has 0 saturated carbocycles. The summed E-state index contributed by atoms with van der Waals surface area (Å²) in [7, 11) is 0. The molecule has 0 fully saturated rings. The van der Waals surface area contributed by atoms with Crippen molar-refractivity contribution in [3.05, 3.63) is 52.4 Å². The minimum atomic E-state index is 0.342. The molecule has 0 bridgehead atoms. The second-order valence-electron chi connectivity index (χ2n) is 3.97. The van der Waals surface area contributed by atoms with Crippen molar-refractivity contribution in [2.75, 3.05) is 5.73 Å². The molecule has 5 heteroatoms. The molecule has 0 atom stereocenters. The summed E-state index contributed by atoms with van der Waals surface area (Å²) >= 11 is 5.80. The van der Waals surface area contributed by atoms with E-state index in [-0.39, 0.29) is 0 Å². The molecule has 1 heterocycles. The van der Waals surface area contributed by atoms with Crippen LogP contribution in [0.1, 0.15) is 17.1 Å². The second-order valence-corrected chi connectivity index (χ2v) is 4.41. The highest BCUT2D eigenvalue weighted by Crippen LogP contribution is 2.11. The first-order valence-corrected chi connectivity index (χ1v) is 5.93. The Hall–Kier alpha value is -1.65. The van der Waals surface area contributed by atoms with Crippen LogP contribution in [0.4, 0.5) is 5.82 Å². The number of aryl methyl sites for hydroxylation is 1. The van der Waals surface area contributed by atoms with Gasteiger partial charge in [-0.05, 0) is 24.6 Å². The van der Waals surface area contributed by atoms with Gasteiger partial charge in [-0.1, -0.05) is 23.7 Å². The Morgan fingerprint density at radius 3 is 2.56 bits per heavy atom. The largest absolute Gasteiger partial charge is 0.384 e. The van der Waals surface area contributed by atoms with Gasteiger partial charge in [0.1, 0.15) is 12.4 Å². The third-order valence-corrected chi connectivity index (χ3v) is 2.59. The van der Waals surface area contributed by atoms with Crippen molar-refractivity contribution < 1.29 is 4.74 Å². The summed E-state index contributed by atoms with van der Waals surface area (Å²) < 4.78 is 5.53. The molecule has 0 amide bonds. The lowest BCUT2D eigenvalue weighted by molar-refractivity contribution is 0.102. The van der Waals surface area contributed by atoms with Crippen LogP contribution in [-0.4, -0.2) is 9.97 Å². The molecular weight excluding hydrogens is 250 g/mol. The van der Waals surface area contributed by atoms with Crippen molar-refractivity contribution in [1.29, 1.82) is 0 Å². The average molecular weight is 264 g/mol. The van der Waals surface area contributed by atoms with E-state index in [4.69, 9.17) is 22.1 Å². The molecule has 1 aromatic heterocycles. The van der Waals surface area contributed by atoms with E-state index < -0.39 is 0 Å². The van der Waals surface area contributed by atoms with Crippen LogP contribution in [0.15, 0.2) is 30.3 Å². The molecule has 0 saturated heterocycles. The van der Waals surface area contributed by atoms with Crippen LogP contribution < -0.4 is 5.73 Å². The topological polar surface area (TPSA) is 61.0 Å². The molecule has 18 heavy (non-hydrogen) atoms. The molecule has 1 aromatic carbocycles. The van der Waals surface area contributed by atoms with Gasteiger partial charge in [0.05, 0.1) is 6.61 Å². The van der Waals surface area contributed by atoms with Crippen molar-refractivity contribution >= 4 is 17.4 Å². The predicted octanol–water partition coefficient (Wildman–Crippen LogP) is 2.74. The van der Waals surface area contributed by atoms with E-state index in [0.717, 1.165) is 11.3 Å². The Balaban J connectivity index is 1.90. The van der Waals surface area contributed by atoms with Crippen LogP contribution in [0.5, 0.6) is 0 Å². The van der Waals surface area contributed by atoms with Crippen molar-refractivity contribution in [2.45, 2.75) is 20.1 Å². The summed E-state index contributed by atoms with van der Waals surface area (Å²) in [5, 5.41) is 0.716. The van der Waals surface area contributed by atoms with E-state index in [1.165, 1.54) is 0 Å². The highest BCUT2D eigenvalue weighted by Gasteiger charge is 2.01. The van der Waals surface area contributed by atoms with E-state index in [0.29, 0.717) is 29.9 Å². The van der Waals surface area contributed by atoms with Gasteiger partial charge in [-0.3, -0.25) is 0 Å². The number of benzene rings is 1. The van der Waals surface area contributed by atoms with Crippen molar-refractivity contribution in [3.8, 4) is 0 Å². The van der Waals surface area contributed by atoms with Crippen LogP contribution >= 0.6 is 11.6 Å². The summed E-state index contributed by atoms with van der Waals surface area (Å²) in [6.07, 6.45) is 0. The molecular formula is C13H14ClN3O. The number of rotatable bonds is 4. The Morgan fingerprint density at radius 2 is 1.89 bits per heavy atom.